The number of nitrogens with zero attached hydrogens (tertiary/aromatic N) is 3. The summed E-state index contributed by atoms with van der Waals surface area (Å²) in [6.45, 7) is -1.50. The maximum atomic E-state index is 12.7. The van der Waals surface area contributed by atoms with Gasteiger partial charge in [-0.2, -0.15) is 0 Å². The van der Waals surface area contributed by atoms with Crippen molar-refractivity contribution in [1.29, 1.82) is 0 Å². The van der Waals surface area contributed by atoms with Gasteiger partial charge in [0.15, 0.2) is 0 Å². The maximum Gasteiger partial charge on any atom is 1.00 e. The van der Waals surface area contributed by atoms with Crippen molar-refractivity contribution < 1.29 is 79.3 Å². The fourth-order valence-corrected chi connectivity index (χ4v) is 5.50. The van der Waals surface area contributed by atoms with Crippen LogP contribution in [0.2, 0.25) is 0 Å². The Morgan fingerprint density at radius 3 is 2.20 bits per heavy atom. The number of amides is 2. The molecular formula is C33H34N5NaO10. The number of rotatable bonds is 12. The summed E-state index contributed by atoms with van der Waals surface area (Å²) in [6.07, 6.45) is -6.80. The number of carbonyl (C=O) groups excluding carboxylic acids is 3. The number of hydrogen-bond donors (Lipinski definition) is 7. The van der Waals surface area contributed by atoms with Crippen LogP contribution in [0.3, 0.4) is 0 Å². The first-order valence-electron chi connectivity index (χ1n) is 15.0. The summed E-state index contributed by atoms with van der Waals surface area (Å²) in [5, 5.41) is 77.2. The van der Waals surface area contributed by atoms with Crippen LogP contribution in [-0.2, 0) is 31.3 Å². The summed E-state index contributed by atoms with van der Waals surface area (Å²) in [5.74, 6) is -3.18. The first-order valence-corrected chi connectivity index (χ1v) is 15.0. The molecule has 15 nitrogen and oxygen atoms in total. The van der Waals surface area contributed by atoms with Gasteiger partial charge >= 0.3 is 29.6 Å². The average Bonchev–Trinajstić information content (AvgIpc) is 3.60. The SMILES string of the molecule is O=C(Cc1ccc(-c2ccc(O)cc2)cc1)NC[C@@H](O)[C@@H](O)[C@@H]1O[C@](C(=O)[O-])(n2cc(-c3ccccc3)nn2)C[C@H](O)[C@H]1NC(=O)CO.[Na+]. The molecule has 1 aromatic heterocycles. The van der Waals surface area contributed by atoms with Gasteiger partial charge in [0, 0.05) is 18.5 Å². The van der Waals surface area contributed by atoms with Gasteiger partial charge in [0.25, 0.3) is 0 Å². The van der Waals surface area contributed by atoms with Crippen LogP contribution in [0.1, 0.15) is 12.0 Å². The van der Waals surface area contributed by atoms with Crippen molar-refractivity contribution in [3.05, 3.63) is 90.6 Å². The zero-order valence-corrected chi connectivity index (χ0v) is 28.4. The van der Waals surface area contributed by atoms with Crippen LogP contribution in [-0.4, -0.2) is 102 Å². The van der Waals surface area contributed by atoms with E-state index in [1.165, 1.54) is 6.20 Å². The van der Waals surface area contributed by atoms with Gasteiger partial charge in [-0.1, -0.05) is 71.9 Å². The number of aromatic nitrogens is 3. The fourth-order valence-electron chi connectivity index (χ4n) is 5.50. The van der Waals surface area contributed by atoms with E-state index in [1.807, 2.05) is 12.1 Å². The van der Waals surface area contributed by atoms with Gasteiger partial charge in [-0.25, -0.2) is 4.68 Å². The third kappa shape index (κ3) is 8.70. The first kappa shape index (κ1) is 37.6. The zero-order chi connectivity index (χ0) is 34.4. The average molecular weight is 684 g/mol. The minimum Gasteiger partial charge on any atom is -0.545 e. The maximum absolute atomic E-state index is 12.7. The van der Waals surface area contributed by atoms with E-state index in [0.29, 0.717) is 11.1 Å². The Bertz CT molecular complexity index is 1720. The quantitative estimate of drug-likeness (QED) is 0.0699. The molecule has 2 amide bonds. The van der Waals surface area contributed by atoms with Gasteiger partial charge in [0.2, 0.25) is 17.5 Å². The Morgan fingerprint density at radius 2 is 1.59 bits per heavy atom. The number of hydrogen-bond acceptors (Lipinski definition) is 12. The van der Waals surface area contributed by atoms with Gasteiger partial charge in [-0.3, -0.25) is 9.59 Å². The molecule has 0 aliphatic carbocycles. The van der Waals surface area contributed by atoms with Crippen LogP contribution in [0, 0.1) is 0 Å². The van der Waals surface area contributed by atoms with Gasteiger partial charge < -0.3 is 50.8 Å². The number of aromatic hydroxyl groups is 1. The first-order chi connectivity index (χ1) is 23.0. The Labute approximate surface area is 302 Å². The van der Waals surface area contributed by atoms with Crippen LogP contribution >= 0.6 is 0 Å². The number of carboxylic acid groups (broad SMARTS) is 1. The fraction of sp³-hybridized carbons (Fsp3) is 0.303. The van der Waals surface area contributed by atoms with E-state index in [1.54, 1.807) is 66.7 Å². The normalized spacial score (nSPS) is 21.5. The number of ether oxygens (including phenoxy) is 1. The molecule has 1 aliphatic rings. The van der Waals surface area contributed by atoms with E-state index >= 15 is 0 Å². The molecule has 16 heteroatoms. The Hall–Kier alpha value is -4.19. The molecule has 2 heterocycles. The molecular weight excluding hydrogens is 649 g/mol. The number of nitrogens with one attached hydrogen (secondary N) is 2. The largest absolute Gasteiger partial charge is 1.00 e. The molecule has 7 N–H and O–H groups in total. The molecule has 0 bridgehead atoms. The Balaban J connectivity index is 0.00000541. The minimum absolute atomic E-state index is 0. The summed E-state index contributed by atoms with van der Waals surface area (Å²) in [6, 6.07) is 20.9. The van der Waals surface area contributed by atoms with Crippen LogP contribution in [0.5, 0.6) is 5.75 Å². The molecule has 1 aliphatic heterocycles. The number of carbonyl (C=O) groups is 3. The zero-order valence-electron chi connectivity index (χ0n) is 26.4. The Morgan fingerprint density at radius 1 is 0.959 bits per heavy atom. The van der Waals surface area contributed by atoms with Crippen LogP contribution < -0.4 is 45.3 Å². The van der Waals surface area contributed by atoms with Crippen molar-refractivity contribution in [3.63, 3.8) is 0 Å². The molecule has 0 saturated carbocycles. The number of aliphatic hydroxyl groups excluding tert-OH is 4. The monoisotopic (exact) mass is 683 g/mol. The van der Waals surface area contributed by atoms with Crippen LogP contribution in [0.4, 0.5) is 0 Å². The molecule has 0 radical (unpaired) electrons. The molecule has 49 heavy (non-hydrogen) atoms. The molecule has 6 atom stereocenters. The van der Waals surface area contributed by atoms with Gasteiger partial charge in [-0.15, -0.1) is 5.10 Å². The summed E-state index contributed by atoms with van der Waals surface area (Å²) in [4.78, 5) is 37.4. The number of carboxylic acids is 1. The smallest absolute Gasteiger partial charge is 0.545 e. The minimum atomic E-state index is -2.54. The molecule has 5 rings (SSSR count). The second-order valence-corrected chi connectivity index (χ2v) is 11.4. The molecule has 1 fully saturated rings. The van der Waals surface area contributed by atoms with Crippen molar-refractivity contribution in [2.24, 2.45) is 0 Å². The number of phenols is 1. The second-order valence-electron chi connectivity index (χ2n) is 11.4. The van der Waals surface area contributed by atoms with Gasteiger partial charge in [-0.05, 0) is 28.8 Å². The van der Waals surface area contributed by atoms with E-state index in [-0.39, 0.29) is 47.4 Å². The predicted molar refractivity (Wildman–Crippen MR) is 165 cm³/mol. The van der Waals surface area contributed by atoms with Gasteiger partial charge in [0.1, 0.15) is 30.3 Å². The molecule has 3 aromatic carbocycles. The molecule has 1 saturated heterocycles. The standard InChI is InChI=1S/C33H35N5O10.Na/c39-18-28(44)35-29-25(41)15-33(32(46)47,38-17-24(36-37-38)22-4-2-1-3-5-22)48-31(29)30(45)26(42)16-34-27(43)14-19-6-8-20(9-7-19)21-10-12-23(40)13-11-21;/h1-13,17,25-26,29-31,39-42,45H,14-16,18H2,(H,34,43)(H,35,44)(H,46,47);/q;+1/p-1/t25-,26+,29+,30+,31+,33+;/m0./s1. The van der Waals surface area contributed by atoms with Crippen molar-refractivity contribution in [3.8, 4) is 28.1 Å². The second kappa shape index (κ2) is 16.5. The summed E-state index contributed by atoms with van der Waals surface area (Å²) >= 11 is 0. The molecule has 0 spiro atoms. The van der Waals surface area contributed by atoms with Crippen molar-refractivity contribution >= 4 is 17.8 Å². The predicted octanol–water partition coefficient (Wildman–Crippen LogP) is -4.57. The number of phenolic OH excluding ortho intramolecular Hbond substituents is 1. The van der Waals surface area contributed by atoms with Gasteiger partial charge in [0.05, 0.1) is 36.8 Å². The third-order valence-electron chi connectivity index (χ3n) is 8.07. The molecule has 252 valence electrons. The molecule has 4 aromatic rings. The summed E-state index contributed by atoms with van der Waals surface area (Å²) in [7, 11) is 0. The van der Waals surface area contributed by atoms with Crippen LogP contribution in [0.25, 0.3) is 22.4 Å². The van der Waals surface area contributed by atoms with E-state index in [2.05, 4.69) is 20.9 Å². The van der Waals surface area contributed by atoms with E-state index < -0.39 is 73.5 Å². The van der Waals surface area contributed by atoms with E-state index in [9.17, 15) is 45.0 Å². The van der Waals surface area contributed by atoms with Crippen molar-refractivity contribution in [1.82, 2.24) is 25.6 Å². The van der Waals surface area contributed by atoms with Crippen LogP contribution in [0.15, 0.2) is 85.1 Å². The Kier molecular flexibility index (Phi) is 12.7. The summed E-state index contributed by atoms with van der Waals surface area (Å²) < 4.78 is 6.66. The number of aliphatic carboxylic acids is 1. The molecule has 0 unspecified atom stereocenters. The van der Waals surface area contributed by atoms with E-state index in [4.69, 9.17) is 4.74 Å². The summed E-state index contributed by atoms with van der Waals surface area (Å²) in [5.41, 5.74) is 0.702. The van der Waals surface area contributed by atoms with Crippen molar-refractivity contribution in [2.75, 3.05) is 13.2 Å². The topological polar surface area (TPSA) is 239 Å². The number of benzene rings is 3. The third-order valence-corrected chi connectivity index (χ3v) is 8.07. The van der Waals surface area contributed by atoms with Crippen molar-refractivity contribution in [2.45, 2.75) is 49.0 Å². The van der Waals surface area contributed by atoms with E-state index in [0.717, 1.165) is 15.8 Å². The number of aliphatic hydroxyl groups is 4.